The Kier molecular flexibility index (Phi) is 4.90. The van der Waals surface area contributed by atoms with Gasteiger partial charge < -0.3 is 19.2 Å². The zero-order chi connectivity index (χ0) is 17.8. The molecule has 1 N–H and O–H groups in total. The number of pyridine rings is 1. The van der Waals surface area contributed by atoms with E-state index in [1.807, 2.05) is 25.1 Å². The van der Waals surface area contributed by atoms with E-state index in [1.165, 1.54) is 18.3 Å². The third-order valence-electron chi connectivity index (χ3n) is 3.32. The molecule has 0 unspecified atom stereocenters. The number of nitrogens with one attached hydrogen (secondary N) is 1. The van der Waals surface area contributed by atoms with Gasteiger partial charge in [0.05, 0.1) is 19.0 Å². The number of aryl methyl sites for hydroxylation is 1. The maximum atomic E-state index is 12.0. The molecule has 0 atom stereocenters. The number of furan rings is 1. The Morgan fingerprint density at radius 1 is 1.16 bits per heavy atom. The second-order valence-corrected chi connectivity index (χ2v) is 5.57. The Hall–Kier alpha value is -2.99. The van der Waals surface area contributed by atoms with Crippen LogP contribution in [0.4, 0.5) is 5.69 Å². The highest BCUT2D eigenvalue weighted by Gasteiger charge is 2.11. The molecule has 7 heteroatoms. The third kappa shape index (κ3) is 4.10. The fourth-order valence-corrected chi connectivity index (χ4v) is 2.26. The van der Waals surface area contributed by atoms with Crippen LogP contribution in [0.3, 0.4) is 0 Å². The Balaban J connectivity index is 1.69. The molecular formula is C18H15ClN2O4. The van der Waals surface area contributed by atoms with E-state index < -0.39 is 5.91 Å². The lowest BCUT2D eigenvalue weighted by molar-refractivity contribution is 0.0996. The Morgan fingerprint density at radius 3 is 2.64 bits per heavy atom. The summed E-state index contributed by atoms with van der Waals surface area (Å²) in [5, 5.41) is 2.81. The quantitative estimate of drug-likeness (QED) is 0.716. The molecule has 2 aromatic heterocycles. The van der Waals surface area contributed by atoms with Crippen LogP contribution in [-0.4, -0.2) is 18.0 Å². The van der Waals surface area contributed by atoms with Gasteiger partial charge in [-0.2, -0.15) is 0 Å². The maximum absolute atomic E-state index is 12.0. The van der Waals surface area contributed by atoms with Crippen LogP contribution in [-0.2, 0) is 0 Å². The molecule has 1 aromatic carbocycles. The van der Waals surface area contributed by atoms with Crippen molar-refractivity contribution in [2.24, 2.45) is 0 Å². The van der Waals surface area contributed by atoms with Crippen molar-refractivity contribution in [1.29, 1.82) is 0 Å². The summed E-state index contributed by atoms with van der Waals surface area (Å²) in [4.78, 5) is 16.2. The number of hydrogen-bond acceptors (Lipinski definition) is 5. The van der Waals surface area contributed by atoms with E-state index in [1.54, 1.807) is 19.2 Å². The first kappa shape index (κ1) is 16.9. The van der Waals surface area contributed by atoms with Gasteiger partial charge in [0.15, 0.2) is 22.5 Å². The number of aromatic nitrogens is 1. The molecule has 0 saturated carbocycles. The van der Waals surface area contributed by atoms with E-state index in [9.17, 15) is 4.79 Å². The highest BCUT2D eigenvalue weighted by Crippen LogP contribution is 2.31. The van der Waals surface area contributed by atoms with E-state index in [4.69, 9.17) is 25.5 Å². The Bertz CT molecular complexity index is 890. The van der Waals surface area contributed by atoms with Crippen molar-refractivity contribution in [2.45, 2.75) is 6.92 Å². The first-order chi connectivity index (χ1) is 12.0. The van der Waals surface area contributed by atoms with Gasteiger partial charge in [-0.05, 0) is 54.4 Å². The molecule has 0 radical (unpaired) electrons. The molecule has 0 aliphatic rings. The van der Waals surface area contributed by atoms with Crippen molar-refractivity contribution in [3.63, 3.8) is 0 Å². The topological polar surface area (TPSA) is 73.6 Å². The van der Waals surface area contributed by atoms with Gasteiger partial charge in [0.25, 0.3) is 5.91 Å². The van der Waals surface area contributed by atoms with Crippen LogP contribution in [0.25, 0.3) is 0 Å². The van der Waals surface area contributed by atoms with Gasteiger partial charge in [-0.15, -0.1) is 0 Å². The minimum Gasteiger partial charge on any atom is -0.493 e. The van der Waals surface area contributed by atoms with Crippen LogP contribution < -0.4 is 14.8 Å². The van der Waals surface area contributed by atoms with E-state index >= 15 is 0 Å². The number of methoxy groups -OCH3 is 1. The van der Waals surface area contributed by atoms with Crippen molar-refractivity contribution in [3.8, 4) is 17.4 Å². The molecule has 128 valence electrons. The normalized spacial score (nSPS) is 10.4. The van der Waals surface area contributed by atoms with Gasteiger partial charge in [-0.3, -0.25) is 4.79 Å². The molecule has 0 aliphatic heterocycles. The molecule has 0 aliphatic carbocycles. The maximum Gasteiger partial charge on any atom is 0.291 e. The predicted molar refractivity (Wildman–Crippen MR) is 93.7 cm³/mol. The van der Waals surface area contributed by atoms with E-state index in [0.29, 0.717) is 23.1 Å². The van der Waals surface area contributed by atoms with Gasteiger partial charge >= 0.3 is 0 Å². The predicted octanol–water partition coefficient (Wildman–Crippen LogP) is 4.69. The summed E-state index contributed by atoms with van der Waals surface area (Å²) in [6.07, 6.45) is 1.48. The number of anilines is 1. The number of amides is 1. The average molecular weight is 359 g/mol. The minimum atomic E-state index is -0.414. The summed E-state index contributed by atoms with van der Waals surface area (Å²) < 4.78 is 16.1. The molecule has 3 aromatic rings. The summed E-state index contributed by atoms with van der Waals surface area (Å²) in [6.45, 7) is 1.97. The number of rotatable bonds is 5. The molecule has 1 amide bonds. The Morgan fingerprint density at radius 2 is 2.00 bits per heavy atom. The molecule has 0 bridgehead atoms. The summed E-state index contributed by atoms with van der Waals surface area (Å²) in [7, 11) is 1.58. The summed E-state index contributed by atoms with van der Waals surface area (Å²) in [6, 6.07) is 11.9. The van der Waals surface area contributed by atoms with Gasteiger partial charge in [0.1, 0.15) is 0 Å². The molecular weight excluding hydrogens is 344 g/mol. The van der Waals surface area contributed by atoms with Gasteiger partial charge in [0, 0.05) is 6.07 Å². The fraction of sp³-hybridized carbons (Fsp3) is 0.111. The van der Waals surface area contributed by atoms with Crippen molar-refractivity contribution < 1.29 is 18.7 Å². The smallest absolute Gasteiger partial charge is 0.291 e. The molecule has 3 rings (SSSR count). The van der Waals surface area contributed by atoms with E-state index in [-0.39, 0.29) is 11.0 Å². The van der Waals surface area contributed by atoms with Gasteiger partial charge in [-0.1, -0.05) is 6.07 Å². The SMILES string of the molecule is COc1cc(C)ccc1Oc1ccc(NC(=O)c2ccc(Cl)o2)cn1. The number of carbonyl (C=O) groups excluding carboxylic acids is 1. The highest BCUT2D eigenvalue weighted by molar-refractivity contribution is 6.29. The number of benzene rings is 1. The molecule has 25 heavy (non-hydrogen) atoms. The fourth-order valence-electron chi connectivity index (χ4n) is 2.12. The summed E-state index contributed by atoms with van der Waals surface area (Å²) >= 11 is 5.65. The second kappa shape index (κ2) is 7.27. The van der Waals surface area contributed by atoms with Crippen molar-refractivity contribution >= 4 is 23.2 Å². The largest absolute Gasteiger partial charge is 0.493 e. The number of hydrogen-bond donors (Lipinski definition) is 1. The van der Waals surface area contributed by atoms with Gasteiger partial charge in [0.2, 0.25) is 5.88 Å². The van der Waals surface area contributed by atoms with Crippen LogP contribution in [0, 0.1) is 6.92 Å². The first-order valence-corrected chi connectivity index (χ1v) is 7.78. The molecule has 6 nitrogen and oxygen atoms in total. The lowest BCUT2D eigenvalue weighted by Crippen LogP contribution is -2.10. The van der Waals surface area contributed by atoms with Crippen LogP contribution >= 0.6 is 11.6 Å². The average Bonchev–Trinajstić information content (AvgIpc) is 3.04. The van der Waals surface area contributed by atoms with Crippen molar-refractivity contribution in [3.05, 3.63) is 65.2 Å². The monoisotopic (exact) mass is 358 g/mol. The van der Waals surface area contributed by atoms with Crippen LogP contribution in [0.1, 0.15) is 16.1 Å². The minimum absolute atomic E-state index is 0.120. The zero-order valence-corrected chi connectivity index (χ0v) is 14.3. The molecule has 0 fully saturated rings. The summed E-state index contributed by atoms with van der Waals surface area (Å²) in [5.74, 6) is 1.26. The third-order valence-corrected chi connectivity index (χ3v) is 3.53. The lowest BCUT2D eigenvalue weighted by atomic mass is 10.2. The molecule has 2 heterocycles. The molecule has 0 spiro atoms. The van der Waals surface area contributed by atoms with Crippen LogP contribution in [0.2, 0.25) is 5.22 Å². The summed E-state index contributed by atoms with van der Waals surface area (Å²) in [5.41, 5.74) is 1.56. The highest BCUT2D eigenvalue weighted by atomic mass is 35.5. The van der Waals surface area contributed by atoms with E-state index in [0.717, 1.165) is 5.56 Å². The van der Waals surface area contributed by atoms with Crippen LogP contribution in [0.5, 0.6) is 17.4 Å². The van der Waals surface area contributed by atoms with Crippen molar-refractivity contribution in [2.75, 3.05) is 12.4 Å². The zero-order valence-electron chi connectivity index (χ0n) is 13.6. The lowest BCUT2D eigenvalue weighted by Gasteiger charge is -2.10. The van der Waals surface area contributed by atoms with Gasteiger partial charge in [-0.25, -0.2) is 4.98 Å². The van der Waals surface area contributed by atoms with Crippen LogP contribution in [0.15, 0.2) is 53.1 Å². The number of nitrogens with zero attached hydrogens (tertiary/aromatic N) is 1. The number of carbonyl (C=O) groups is 1. The number of ether oxygens (including phenoxy) is 2. The number of halogens is 1. The second-order valence-electron chi connectivity index (χ2n) is 5.20. The van der Waals surface area contributed by atoms with E-state index in [2.05, 4.69) is 10.3 Å². The molecule has 0 saturated heterocycles. The Labute approximate surface area is 149 Å². The first-order valence-electron chi connectivity index (χ1n) is 7.40. The standard InChI is InChI=1S/C18H15ClN2O4/c1-11-3-5-13(15(9-11)23-2)25-17-8-4-12(10-20-17)21-18(22)14-6-7-16(19)24-14/h3-10H,1-2H3,(H,21,22). The van der Waals surface area contributed by atoms with Crippen molar-refractivity contribution in [1.82, 2.24) is 4.98 Å².